The van der Waals surface area contributed by atoms with Crippen molar-refractivity contribution < 1.29 is 4.79 Å². The summed E-state index contributed by atoms with van der Waals surface area (Å²) in [5.74, 6) is 0.130. The average Bonchev–Trinajstić information content (AvgIpc) is 2.59. The number of carbonyl (C=O) groups excluding carboxylic acids is 1. The van der Waals surface area contributed by atoms with Crippen LogP contribution in [0.4, 0.5) is 0 Å². The zero-order chi connectivity index (χ0) is 19.9. The molecule has 0 saturated carbocycles. The van der Waals surface area contributed by atoms with Crippen molar-refractivity contribution in [2.45, 2.75) is 46.0 Å². The van der Waals surface area contributed by atoms with Gasteiger partial charge in [-0.15, -0.1) is 0 Å². The Morgan fingerprint density at radius 2 is 1.89 bits per heavy atom. The van der Waals surface area contributed by atoms with Crippen molar-refractivity contribution in [3.05, 3.63) is 58.1 Å². The number of nitrogens with zero attached hydrogens (tertiary/aromatic N) is 3. The van der Waals surface area contributed by atoms with Crippen LogP contribution in [0.1, 0.15) is 50.7 Å². The van der Waals surface area contributed by atoms with Crippen molar-refractivity contribution in [2.75, 3.05) is 14.1 Å². The van der Waals surface area contributed by atoms with Gasteiger partial charge in [-0.05, 0) is 29.4 Å². The maximum Gasteiger partial charge on any atom is 0.162 e. The lowest BCUT2D eigenvalue weighted by atomic mass is 9.69. The van der Waals surface area contributed by atoms with Gasteiger partial charge in [0.05, 0.1) is 17.6 Å². The van der Waals surface area contributed by atoms with E-state index in [1.807, 2.05) is 36.2 Å². The highest BCUT2D eigenvalue weighted by atomic mass is 16.1. The molecule has 1 atom stereocenters. The van der Waals surface area contributed by atoms with Gasteiger partial charge in [0, 0.05) is 31.8 Å². The quantitative estimate of drug-likeness (QED) is 0.889. The van der Waals surface area contributed by atoms with Crippen molar-refractivity contribution >= 4 is 5.78 Å². The SMILES string of the molecule is CCc1ccc([C@H]2C(C#N)=C(N)N(N(C)C)C3=C2C(=O)CC(C)(C)C3)cc1. The Morgan fingerprint density at radius 1 is 1.26 bits per heavy atom. The lowest BCUT2D eigenvalue weighted by Crippen LogP contribution is -2.47. The fourth-order valence-corrected chi connectivity index (χ4v) is 4.23. The normalized spacial score (nSPS) is 22.2. The Hall–Kier alpha value is -2.58. The number of allylic oxidation sites excluding steroid dienone is 3. The first-order valence-electron chi connectivity index (χ1n) is 9.42. The number of nitrogens with two attached hydrogens (primary N) is 1. The van der Waals surface area contributed by atoms with Gasteiger partial charge in [-0.2, -0.15) is 5.26 Å². The molecule has 1 heterocycles. The molecule has 2 aliphatic rings. The zero-order valence-corrected chi connectivity index (χ0v) is 16.8. The predicted molar refractivity (Wildman–Crippen MR) is 106 cm³/mol. The molecule has 27 heavy (non-hydrogen) atoms. The highest BCUT2D eigenvalue weighted by Gasteiger charge is 2.44. The molecule has 0 radical (unpaired) electrons. The number of aryl methyl sites for hydroxylation is 1. The molecule has 0 aromatic heterocycles. The van der Waals surface area contributed by atoms with E-state index >= 15 is 0 Å². The average molecular weight is 364 g/mol. The predicted octanol–water partition coefficient (Wildman–Crippen LogP) is 3.46. The monoisotopic (exact) mass is 364 g/mol. The lowest BCUT2D eigenvalue weighted by molar-refractivity contribution is -0.119. The summed E-state index contributed by atoms with van der Waals surface area (Å²) in [4.78, 5) is 13.2. The molecule has 0 spiro atoms. The van der Waals surface area contributed by atoms with Gasteiger partial charge in [-0.25, -0.2) is 5.01 Å². The standard InChI is InChI=1S/C22H28N4O/c1-6-14-7-9-15(10-8-14)19-16(13-23)21(24)26(25(4)5)17-11-22(2,3)12-18(27)20(17)19/h7-10,19H,6,11-12,24H2,1-5H3/t19-/m0/s1. The smallest absolute Gasteiger partial charge is 0.162 e. The fraction of sp³-hybridized carbons (Fsp3) is 0.455. The Kier molecular flexibility index (Phi) is 4.88. The Balaban J connectivity index is 2.24. The van der Waals surface area contributed by atoms with Crippen molar-refractivity contribution in [1.82, 2.24) is 10.0 Å². The maximum atomic E-state index is 13.2. The molecule has 1 aliphatic heterocycles. The molecule has 1 aliphatic carbocycles. The Morgan fingerprint density at radius 3 is 2.41 bits per heavy atom. The molecular formula is C22H28N4O. The molecule has 0 bridgehead atoms. The van der Waals surface area contributed by atoms with Crippen LogP contribution in [0.5, 0.6) is 0 Å². The van der Waals surface area contributed by atoms with Crippen LogP contribution in [0, 0.1) is 16.7 Å². The first-order chi connectivity index (χ1) is 12.7. The number of benzene rings is 1. The molecule has 3 rings (SSSR count). The molecule has 1 aromatic carbocycles. The minimum absolute atomic E-state index is 0.109. The molecular weight excluding hydrogens is 336 g/mol. The van der Waals surface area contributed by atoms with E-state index in [9.17, 15) is 10.1 Å². The number of hydrazine groups is 1. The van der Waals surface area contributed by atoms with Gasteiger partial charge in [-0.1, -0.05) is 45.0 Å². The van der Waals surface area contributed by atoms with E-state index in [0.29, 0.717) is 17.8 Å². The number of hydrogen-bond acceptors (Lipinski definition) is 5. The van der Waals surface area contributed by atoms with Crippen molar-refractivity contribution in [3.63, 3.8) is 0 Å². The second kappa shape index (κ2) is 6.86. The zero-order valence-electron chi connectivity index (χ0n) is 16.8. The van der Waals surface area contributed by atoms with Crippen molar-refractivity contribution in [3.8, 4) is 6.07 Å². The molecule has 0 saturated heterocycles. The number of Topliss-reactive ketones (excluding diaryl/α,β-unsaturated/α-hetero) is 1. The van der Waals surface area contributed by atoms with Gasteiger partial charge in [0.1, 0.15) is 5.82 Å². The number of hydrogen-bond donors (Lipinski definition) is 1. The Labute approximate surface area is 161 Å². The maximum absolute atomic E-state index is 13.2. The summed E-state index contributed by atoms with van der Waals surface area (Å²) in [6, 6.07) is 10.5. The molecule has 5 heteroatoms. The minimum atomic E-state index is -0.393. The molecule has 0 amide bonds. The number of nitriles is 1. The van der Waals surface area contributed by atoms with Gasteiger partial charge in [0.25, 0.3) is 0 Å². The van der Waals surface area contributed by atoms with Gasteiger partial charge in [-0.3, -0.25) is 9.80 Å². The number of rotatable bonds is 3. The van der Waals surface area contributed by atoms with Crippen molar-refractivity contribution in [2.24, 2.45) is 11.1 Å². The molecule has 2 N–H and O–H groups in total. The first kappa shape index (κ1) is 19.2. The second-order valence-corrected chi connectivity index (χ2v) is 8.40. The highest BCUT2D eigenvalue weighted by molar-refractivity contribution is 6.00. The topological polar surface area (TPSA) is 73.4 Å². The summed E-state index contributed by atoms with van der Waals surface area (Å²) >= 11 is 0. The molecule has 5 nitrogen and oxygen atoms in total. The molecule has 0 unspecified atom stereocenters. The third kappa shape index (κ3) is 3.26. The number of carbonyl (C=O) groups is 1. The lowest BCUT2D eigenvalue weighted by Gasteiger charge is -2.45. The largest absolute Gasteiger partial charge is 0.383 e. The summed E-state index contributed by atoms with van der Waals surface area (Å²) < 4.78 is 0. The van der Waals surface area contributed by atoms with Crippen LogP contribution in [0.2, 0.25) is 0 Å². The summed E-state index contributed by atoms with van der Waals surface area (Å²) in [7, 11) is 3.77. The third-order valence-electron chi connectivity index (χ3n) is 5.48. The summed E-state index contributed by atoms with van der Waals surface area (Å²) in [6.45, 7) is 6.32. The van der Waals surface area contributed by atoms with E-state index in [-0.39, 0.29) is 11.2 Å². The van der Waals surface area contributed by atoms with Gasteiger partial charge in [0.15, 0.2) is 5.78 Å². The third-order valence-corrected chi connectivity index (χ3v) is 5.48. The van der Waals surface area contributed by atoms with Crippen LogP contribution < -0.4 is 5.73 Å². The van der Waals surface area contributed by atoms with E-state index in [1.165, 1.54) is 5.56 Å². The molecule has 0 fully saturated rings. The summed E-state index contributed by atoms with van der Waals surface area (Å²) in [5.41, 5.74) is 10.6. The summed E-state index contributed by atoms with van der Waals surface area (Å²) in [6.07, 6.45) is 2.17. The fourth-order valence-electron chi connectivity index (χ4n) is 4.23. The van der Waals surface area contributed by atoms with E-state index in [4.69, 9.17) is 5.73 Å². The number of ketones is 1. The Bertz CT molecular complexity index is 869. The molecule has 142 valence electrons. The van der Waals surface area contributed by atoms with Crippen molar-refractivity contribution in [1.29, 1.82) is 5.26 Å². The minimum Gasteiger partial charge on any atom is -0.383 e. The molecule has 1 aromatic rings. The van der Waals surface area contributed by atoms with E-state index < -0.39 is 5.92 Å². The van der Waals surface area contributed by atoms with Crippen LogP contribution in [0.15, 0.2) is 46.9 Å². The van der Waals surface area contributed by atoms with Crippen LogP contribution in [-0.2, 0) is 11.2 Å². The van der Waals surface area contributed by atoms with Gasteiger partial charge < -0.3 is 5.73 Å². The van der Waals surface area contributed by atoms with E-state index in [2.05, 4.69) is 39.0 Å². The van der Waals surface area contributed by atoms with Crippen LogP contribution in [-0.4, -0.2) is 29.9 Å². The van der Waals surface area contributed by atoms with Crippen LogP contribution in [0.25, 0.3) is 0 Å². The second-order valence-electron chi connectivity index (χ2n) is 8.40. The van der Waals surface area contributed by atoms with E-state index in [0.717, 1.165) is 29.7 Å². The first-order valence-corrected chi connectivity index (χ1v) is 9.42. The van der Waals surface area contributed by atoms with E-state index in [1.54, 1.807) is 0 Å². The van der Waals surface area contributed by atoms with Crippen LogP contribution in [0.3, 0.4) is 0 Å². The van der Waals surface area contributed by atoms with Gasteiger partial charge in [0.2, 0.25) is 0 Å². The van der Waals surface area contributed by atoms with Gasteiger partial charge >= 0.3 is 0 Å². The summed E-state index contributed by atoms with van der Waals surface area (Å²) in [5, 5.41) is 13.6. The highest BCUT2D eigenvalue weighted by Crippen LogP contribution is 2.49. The van der Waals surface area contributed by atoms with Crippen LogP contribution >= 0.6 is 0 Å².